The largest absolute Gasteiger partial charge is 0.512 e. The summed E-state index contributed by atoms with van der Waals surface area (Å²) in [7, 11) is 0. The van der Waals surface area contributed by atoms with Crippen LogP contribution in [0.4, 0.5) is 0 Å². The smallest absolute Gasteiger partial charge is 0.113 e. The number of benzene rings is 1. The van der Waals surface area contributed by atoms with Crippen LogP contribution in [0.2, 0.25) is 0 Å². The third-order valence-corrected chi connectivity index (χ3v) is 1.28. The summed E-state index contributed by atoms with van der Waals surface area (Å²) in [6.45, 7) is 0. The normalized spacial score (nSPS) is 10.4. The summed E-state index contributed by atoms with van der Waals surface area (Å²) in [6, 6.07) is 8.48. The molecule has 0 saturated carbocycles. The van der Waals surface area contributed by atoms with E-state index in [2.05, 4.69) is 24.3 Å². The molecule has 2 rings (SSSR count). The van der Waals surface area contributed by atoms with Gasteiger partial charge in [-0.1, -0.05) is 24.3 Å². The summed E-state index contributed by atoms with van der Waals surface area (Å²) < 4.78 is 0. The van der Waals surface area contributed by atoms with Crippen molar-refractivity contribution in [2.75, 3.05) is 0 Å². The molecule has 0 spiro atoms. The summed E-state index contributed by atoms with van der Waals surface area (Å²) in [5, 5.41) is 14.9. The molecule has 0 heterocycles. The molecule has 0 radical (unpaired) electrons. The first-order valence-electron chi connectivity index (χ1n) is 2.92. The summed E-state index contributed by atoms with van der Waals surface area (Å²) in [5.41, 5.74) is 2.85. The zero-order chi connectivity index (χ0) is 7.40. The first kappa shape index (κ1) is 6.68. The highest BCUT2D eigenvalue weighted by atomic mass is 16.3. The minimum absolute atomic E-state index is 0.556. The lowest BCUT2D eigenvalue weighted by Gasteiger charge is -2.10. The van der Waals surface area contributed by atoms with Gasteiger partial charge < -0.3 is 10.2 Å². The molecule has 0 unspecified atom stereocenters. The highest BCUT2D eigenvalue weighted by Gasteiger charge is 2.03. The molecule has 2 N–H and O–H groups in total. The van der Waals surface area contributed by atoms with Crippen LogP contribution in [0.1, 0.15) is 0 Å². The maximum absolute atomic E-state index is 7.44. The quantitative estimate of drug-likeness (QED) is 0.545. The monoisotopic (exact) mass is 136 g/mol. The van der Waals surface area contributed by atoms with Crippen molar-refractivity contribution in [2.45, 2.75) is 0 Å². The lowest BCUT2D eigenvalue weighted by molar-refractivity contribution is 0.407. The van der Waals surface area contributed by atoms with E-state index in [1.54, 1.807) is 0 Å². The van der Waals surface area contributed by atoms with Gasteiger partial charge in [-0.15, -0.1) is 0 Å². The van der Waals surface area contributed by atoms with Crippen molar-refractivity contribution < 1.29 is 10.2 Å². The minimum atomic E-state index is 0.556. The van der Waals surface area contributed by atoms with E-state index in [1.807, 2.05) is 0 Å². The number of hydrogen-bond acceptors (Lipinski definition) is 2. The molecular formula is C8H8O2. The van der Waals surface area contributed by atoms with Crippen molar-refractivity contribution in [1.82, 2.24) is 0 Å². The van der Waals surface area contributed by atoms with E-state index in [1.165, 1.54) is 11.1 Å². The standard InChI is InChI=1S/C6H4.C2H4O2/c1-2-6-4-3-5(1)6;3-1-2-4/h1-4H;1-4H. The van der Waals surface area contributed by atoms with Gasteiger partial charge in [-0.25, -0.2) is 0 Å². The molecule has 0 aromatic rings. The summed E-state index contributed by atoms with van der Waals surface area (Å²) in [5.74, 6) is 0. The SMILES string of the molecule is OC=CO.c1cc2ccc1-2. The van der Waals surface area contributed by atoms with Gasteiger partial charge in [0, 0.05) is 0 Å². The Balaban J connectivity index is 0.000000112. The molecule has 0 aromatic carbocycles. The van der Waals surface area contributed by atoms with Crippen LogP contribution >= 0.6 is 0 Å². The van der Waals surface area contributed by atoms with Crippen molar-refractivity contribution >= 4 is 0 Å². The second-order valence-electron chi connectivity index (χ2n) is 1.88. The van der Waals surface area contributed by atoms with Gasteiger partial charge in [0.05, 0.1) is 0 Å². The van der Waals surface area contributed by atoms with E-state index in [9.17, 15) is 0 Å². The Hall–Kier alpha value is -1.44. The Morgan fingerprint density at radius 3 is 1.10 bits per heavy atom. The minimum Gasteiger partial charge on any atom is -0.512 e. The average Bonchev–Trinajstić information content (AvgIpc) is 1.97. The molecule has 0 amide bonds. The van der Waals surface area contributed by atoms with Crippen LogP contribution in [0.25, 0.3) is 11.1 Å². The van der Waals surface area contributed by atoms with E-state index in [-0.39, 0.29) is 0 Å². The Morgan fingerprint density at radius 1 is 0.800 bits per heavy atom. The number of aliphatic hydroxyl groups excluding tert-OH is 2. The second-order valence-corrected chi connectivity index (χ2v) is 1.88. The third kappa shape index (κ3) is 1.10. The molecule has 0 saturated heterocycles. The molecule has 0 bridgehead atoms. The van der Waals surface area contributed by atoms with Crippen LogP contribution in [0.15, 0.2) is 36.8 Å². The zero-order valence-corrected chi connectivity index (χ0v) is 5.36. The van der Waals surface area contributed by atoms with Gasteiger partial charge in [-0.2, -0.15) is 0 Å². The van der Waals surface area contributed by atoms with Gasteiger partial charge in [-0.05, 0) is 11.1 Å². The number of hydrogen-bond donors (Lipinski definition) is 2. The van der Waals surface area contributed by atoms with Crippen molar-refractivity contribution in [3.8, 4) is 11.1 Å². The van der Waals surface area contributed by atoms with E-state index in [0.717, 1.165) is 0 Å². The van der Waals surface area contributed by atoms with Gasteiger partial charge in [-0.3, -0.25) is 0 Å². The fraction of sp³-hybridized carbons (Fsp3) is 0. The Kier molecular flexibility index (Phi) is 1.95. The van der Waals surface area contributed by atoms with Crippen LogP contribution in [0.5, 0.6) is 0 Å². The Bertz CT molecular complexity index is 199. The zero-order valence-electron chi connectivity index (χ0n) is 5.36. The van der Waals surface area contributed by atoms with Gasteiger partial charge in [0.1, 0.15) is 12.5 Å². The molecule has 10 heavy (non-hydrogen) atoms. The summed E-state index contributed by atoms with van der Waals surface area (Å²) in [6.07, 6.45) is 1.11. The molecule has 52 valence electrons. The van der Waals surface area contributed by atoms with Crippen LogP contribution in [-0.4, -0.2) is 10.2 Å². The Morgan fingerprint density at radius 2 is 1.10 bits per heavy atom. The van der Waals surface area contributed by atoms with Crippen LogP contribution in [0.3, 0.4) is 0 Å². The molecular weight excluding hydrogens is 128 g/mol. The molecule has 2 aliphatic rings. The molecule has 0 fully saturated rings. The van der Waals surface area contributed by atoms with Gasteiger partial charge >= 0.3 is 0 Å². The predicted octanol–water partition coefficient (Wildman–Crippen LogP) is 2.24. The van der Waals surface area contributed by atoms with Crippen LogP contribution in [-0.2, 0) is 0 Å². The molecule has 0 atom stereocenters. The van der Waals surface area contributed by atoms with Crippen molar-refractivity contribution in [3.05, 3.63) is 36.8 Å². The highest BCUT2D eigenvalue weighted by molar-refractivity contribution is 5.75. The predicted molar refractivity (Wildman–Crippen MR) is 39.8 cm³/mol. The molecule has 0 aliphatic heterocycles. The fourth-order valence-electron chi connectivity index (χ4n) is 0.663. The summed E-state index contributed by atoms with van der Waals surface area (Å²) >= 11 is 0. The third-order valence-electron chi connectivity index (χ3n) is 1.28. The van der Waals surface area contributed by atoms with Gasteiger partial charge in [0.25, 0.3) is 0 Å². The first-order chi connectivity index (χ1) is 4.88. The van der Waals surface area contributed by atoms with Crippen molar-refractivity contribution in [2.24, 2.45) is 0 Å². The van der Waals surface area contributed by atoms with Gasteiger partial charge in [0.2, 0.25) is 0 Å². The van der Waals surface area contributed by atoms with E-state index < -0.39 is 0 Å². The van der Waals surface area contributed by atoms with E-state index in [0.29, 0.717) is 12.5 Å². The topological polar surface area (TPSA) is 40.5 Å². The number of fused-ring (bicyclic) bond motifs is 1. The van der Waals surface area contributed by atoms with Crippen molar-refractivity contribution in [3.63, 3.8) is 0 Å². The van der Waals surface area contributed by atoms with Crippen LogP contribution in [0, 0.1) is 0 Å². The average molecular weight is 136 g/mol. The Labute approximate surface area is 59.1 Å². The second kappa shape index (κ2) is 2.92. The first-order valence-corrected chi connectivity index (χ1v) is 2.92. The molecule has 2 aliphatic carbocycles. The molecule has 2 heteroatoms. The van der Waals surface area contributed by atoms with Crippen LogP contribution < -0.4 is 0 Å². The maximum Gasteiger partial charge on any atom is 0.113 e. The maximum atomic E-state index is 7.44. The lowest BCUT2D eigenvalue weighted by atomic mass is 9.95. The number of aliphatic hydroxyl groups is 2. The molecule has 0 aromatic heterocycles. The molecule has 2 nitrogen and oxygen atoms in total. The number of rotatable bonds is 0. The highest BCUT2D eigenvalue weighted by Crippen LogP contribution is 2.29. The summed E-state index contributed by atoms with van der Waals surface area (Å²) in [4.78, 5) is 0. The van der Waals surface area contributed by atoms with E-state index in [4.69, 9.17) is 10.2 Å². The van der Waals surface area contributed by atoms with Gasteiger partial charge in [0.15, 0.2) is 0 Å². The van der Waals surface area contributed by atoms with Crippen molar-refractivity contribution in [1.29, 1.82) is 0 Å². The fourth-order valence-corrected chi connectivity index (χ4v) is 0.663. The lowest BCUT2D eigenvalue weighted by Crippen LogP contribution is -1.85. The van der Waals surface area contributed by atoms with E-state index >= 15 is 0 Å².